The summed E-state index contributed by atoms with van der Waals surface area (Å²) in [7, 11) is 0. The van der Waals surface area contributed by atoms with Crippen LogP contribution in [0.1, 0.15) is 22.7 Å². The van der Waals surface area contributed by atoms with Crippen LogP contribution in [0.3, 0.4) is 0 Å². The molecule has 0 unspecified atom stereocenters. The van der Waals surface area contributed by atoms with Crippen molar-refractivity contribution in [2.75, 3.05) is 6.61 Å². The number of nitrogens with one attached hydrogen (secondary N) is 1. The number of hydrogen-bond acceptors (Lipinski definition) is 2. The molecule has 12 heteroatoms. The van der Waals surface area contributed by atoms with E-state index in [1.54, 1.807) is 0 Å². The Bertz CT molecular complexity index is 628. The zero-order chi connectivity index (χ0) is 17.6. The number of rotatable bonds is 1. The second-order valence-corrected chi connectivity index (χ2v) is 4.71. The maximum atomic E-state index is 13.7. The Morgan fingerprint density at radius 1 is 1.08 bits per heavy atom. The van der Waals surface area contributed by atoms with E-state index in [1.807, 2.05) is 0 Å². The van der Waals surface area contributed by atoms with Gasteiger partial charge in [-0.1, -0.05) is 6.07 Å². The van der Waals surface area contributed by atoms with Crippen LogP contribution < -0.4 is 5.32 Å². The Kier molecular flexibility index (Phi) is 5.29. The summed E-state index contributed by atoms with van der Waals surface area (Å²) in [6, 6.07) is -2.21. The molecule has 1 heterocycles. The van der Waals surface area contributed by atoms with Gasteiger partial charge in [-0.2, -0.15) is 26.3 Å². The molecular weight excluding hydrogens is 378 g/mol. The number of benzene rings is 1. The van der Waals surface area contributed by atoms with Crippen molar-refractivity contribution in [3.05, 3.63) is 34.9 Å². The maximum absolute atomic E-state index is 13.7. The molecule has 1 aliphatic heterocycles. The molecule has 0 aliphatic carbocycles. The van der Waals surface area contributed by atoms with E-state index in [2.05, 4.69) is 4.74 Å². The van der Waals surface area contributed by atoms with E-state index in [4.69, 9.17) is 0 Å². The number of ether oxygens (including phenoxy) is 1. The third-order valence-corrected chi connectivity index (χ3v) is 3.08. The van der Waals surface area contributed by atoms with Crippen molar-refractivity contribution < 1.29 is 44.7 Å². The lowest BCUT2D eigenvalue weighted by atomic mass is 9.93. The van der Waals surface area contributed by atoms with Gasteiger partial charge in [0.05, 0.1) is 11.1 Å². The quantitative estimate of drug-likeness (QED) is 0.720. The van der Waals surface area contributed by atoms with Gasteiger partial charge in [0.2, 0.25) is 0 Å². The van der Waals surface area contributed by atoms with Gasteiger partial charge < -0.3 is 10.1 Å². The molecule has 0 spiro atoms. The number of cyclic esters (lactones) is 1. The van der Waals surface area contributed by atoms with Crippen LogP contribution in [0.4, 0.5) is 39.9 Å². The Morgan fingerprint density at radius 3 is 2.17 bits per heavy atom. The van der Waals surface area contributed by atoms with Crippen molar-refractivity contribution in [1.29, 1.82) is 0 Å². The average Bonchev–Trinajstić information content (AvgIpc) is 2.39. The number of amides is 1. The standard InChI is InChI=1S/C12H7F8NO2.ClH/c13-10(14)4-23-9(22)21-8(10)6-2-1-5(11(15,16)17)3-7(6)12(18,19)20;/h1-3,8H,4H2,(H,21,22);1H/t8-;/m1./s1. The number of carbonyl (C=O) groups is 1. The predicted molar refractivity (Wildman–Crippen MR) is 65.9 cm³/mol. The van der Waals surface area contributed by atoms with Gasteiger partial charge in [-0.3, -0.25) is 0 Å². The summed E-state index contributed by atoms with van der Waals surface area (Å²) in [6.07, 6.45) is -11.8. The molecule has 136 valence electrons. The van der Waals surface area contributed by atoms with Crippen LogP contribution in [0.2, 0.25) is 0 Å². The van der Waals surface area contributed by atoms with Crippen LogP contribution in [0.5, 0.6) is 0 Å². The number of alkyl halides is 8. The van der Waals surface area contributed by atoms with Gasteiger partial charge in [-0.25, -0.2) is 13.6 Å². The number of carbonyl (C=O) groups excluding carboxylic acids is 1. The highest BCUT2D eigenvalue weighted by atomic mass is 35.5. The van der Waals surface area contributed by atoms with Gasteiger partial charge in [0, 0.05) is 0 Å². The minimum atomic E-state index is -5.32. The Balaban J connectivity index is 0.00000288. The summed E-state index contributed by atoms with van der Waals surface area (Å²) in [6.45, 7) is -1.48. The fourth-order valence-corrected chi connectivity index (χ4v) is 2.05. The van der Waals surface area contributed by atoms with E-state index in [1.165, 1.54) is 5.32 Å². The SMILES string of the molecule is Cl.O=C1N[C@H](c2ccc(C(F)(F)F)cc2C(F)(F)F)C(F)(F)CO1. The molecule has 1 saturated heterocycles. The Labute approximate surface area is 135 Å². The van der Waals surface area contributed by atoms with E-state index in [-0.39, 0.29) is 30.6 Å². The van der Waals surface area contributed by atoms with E-state index in [0.29, 0.717) is 0 Å². The molecule has 0 bridgehead atoms. The van der Waals surface area contributed by atoms with Crippen LogP contribution in [0.25, 0.3) is 0 Å². The molecule has 0 aromatic heterocycles. The molecule has 2 rings (SSSR count). The van der Waals surface area contributed by atoms with Gasteiger partial charge in [-0.05, 0) is 17.7 Å². The van der Waals surface area contributed by atoms with Gasteiger partial charge in [0.1, 0.15) is 6.04 Å². The highest BCUT2D eigenvalue weighted by Crippen LogP contribution is 2.43. The third kappa shape index (κ3) is 4.00. The van der Waals surface area contributed by atoms with Crippen molar-refractivity contribution in [3.8, 4) is 0 Å². The second-order valence-electron chi connectivity index (χ2n) is 4.71. The van der Waals surface area contributed by atoms with E-state index >= 15 is 0 Å². The lowest BCUT2D eigenvalue weighted by Gasteiger charge is -2.33. The van der Waals surface area contributed by atoms with Crippen LogP contribution in [0.15, 0.2) is 18.2 Å². The van der Waals surface area contributed by atoms with Crippen molar-refractivity contribution >= 4 is 18.5 Å². The topological polar surface area (TPSA) is 38.3 Å². The van der Waals surface area contributed by atoms with Gasteiger partial charge in [-0.15, -0.1) is 12.4 Å². The van der Waals surface area contributed by atoms with Gasteiger partial charge in [0.25, 0.3) is 0 Å². The largest absolute Gasteiger partial charge is 0.443 e. The molecule has 3 nitrogen and oxygen atoms in total. The monoisotopic (exact) mass is 385 g/mol. The lowest BCUT2D eigenvalue weighted by molar-refractivity contribution is -0.145. The van der Waals surface area contributed by atoms with E-state index in [0.717, 1.165) is 0 Å². The smallest absolute Gasteiger partial charge is 0.416 e. The summed E-state index contributed by atoms with van der Waals surface area (Å²) in [5.41, 5.74) is -4.72. The van der Waals surface area contributed by atoms with Gasteiger partial charge >= 0.3 is 24.4 Å². The zero-order valence-electron chi connectivity index (χ0n) is 11.3. The van der Waals surface area contributed by atoms with Crippen molar-refractivity contribution in [2.45, 2.75) is 24.3 Å². The molecular formula is C12H8ClF8NO2. The molecule has 1 fully saturated rings. The fraction of sp³-hybridized carbons (Fsp3) is 0.417. The minimum Gasteiger partial charge on any atom is -0.443 e. The molecule has 1 aromatic rings. The maximum Gasteiger partial charge on any atom is 0.416 e. The molecule has 0 saturated carbocycles. The number of halogens is 9. The highest BCUT2D eigenvalue weighted by Gasteiger charge is 2.50. The molecule has 1 N–H and O–H groups in total. The Morgan fingerprint density at radius 2 is 1.67 bits per heavy atom. The van der Waals surface area contributed by atoms with E-state index in [9.17, 15) is 39.9 Å². The molecule has 1 aliphatic rings. The predicted octanol–water partition coefficient (Wildman–Crippen LogP) is 4.56. The number of alkyl carbamates (subject to hydrolysis) is 1. The van der Waals surface area contributed by atoms with Crippen LogP contribution in [-0.2, 0) is 17.1 Å². The van der Waals surface area contributed by atoms with Gasteiger partial charge in [0.15, 0.2) is 6.61 Å². The average molecular weight is 386 g/mol. The first-order valence-corrected chi connectivity index (χ1v) is 5.92. The van der Waals surface area contributed by atoms with Crippen LogP contribution >= 0.6 is 12.4 Å². The van der Waals surface area contributed by atoms with Crippen molar-refractivity contribution in [1.82, 2.24) is 5.32 Å². The number of hydrogen-bond donors (Lipinski definition) is 1. The third-order valence-electron chi connectivity index (χ3n) is 3.08. The summed E-state index contributed by atoms with van der Waals surface area (Å²) in [4.78, 5) is 11.0. The van der Waals surface area contributed by atoms with Crippen LogP contribution in [-0.4, -0.2) is 18.6 Å². The first kappa shape index (κ1) is 20.3. The molecule has 1 aromatic carbocycles. The highest BCUT2D eigenvalue weighted by molar-refractivity contribution is 5.85. The summed E-state index contributed by atoms with van der Waals surface area (Å²) < 4.78 is 108. The van der Waals surface area contributed by atoms with E-state index < -0.39 is 53.7 Å². The molecule has 24 heavy (non-hydrogen) atoms. The fourth-order valence-electron chi connectivity index (χ4n) is 2.05. The first-order valence-electron chi connectivity index (χ1n) is 5.92. The lowest BCUT2D eigenvalue weighted by Crippen LogP contribution is -2.50. The zero-order valence-corrected chi connectivity index (χ0v) is 12.1. The van der Waals surface area contributed by atoms with Crippen LogP contribution in [0, 0.1) is 0 Å². The minimum absolute atomic E-state index is 0. The first-order chi connectivity index (χ1) is 10.3. The Hall–Kier alpha value is -1.78. The van der Waals surface area contributed by atoms with Crippen molar-refractivity contribution in [2.24, 2.45) is 0 Å². The van der Waals surface area contributed by atoms with Crippen molar-refractivity contribution in [3.63, 3.8) is 0 Å². The normalized spacial score (nSPS) is 20.7. The molecule has 1 amide bonds. The summed E-state index contributed by atoms with van der Waals surface area (Å²) >= 11 is 0. The molecule has 1 atom stereocenters. The molecule has 0 radical (unpaired) electrons. The second kappa shape index (κ2) is 6.26. The summed E-state index contributed by atoms with van der Waals surface area (Å²) in [5.74, 6) is -3.92. The summed E-state index contributed by atoms with van der Waals surface area (Å²) in [5, 5.41) is 1.50.